The highest BCUT2D eigenvalue weighted by molar-refractivity contribution is 5.76. The predicted molar refractivity (Wildman–Crippen MR) is 147 cm³/mol. The highest BCUT2D eigenvalue weighted by atomic mass is 16.3. The molecular weight excluding hydrogens is 422 g/mol. The van der Waals surface area contributed by atoms with E-state index in [1.807, 2.05) is 6.08 Å². The van der Waals surface area contributed by atoms with Crippen LogP contribution in [0.4, 0.5) is 0 Å². The number of nitrogens with one attached hydrogen (secondary N) is 1. The molecule has 0 spiro atoms. The maximum atomic E-state index is 12.2. The van der Waals surface area contributed by atoms with E-state index in [0.29, 0.717) is 6.42 Å². The first-order valence-electron chi connectivity index (χ1n) is 14.6. The van der Waals surface area contributed by atoms with E-state index in [9.17, 15) is 15.0 Å². The molecule has 0 fully saturated rings. The molecule has 0 bridgehead atoms. The molecule has 0 saturated carbocycles. The second kappa shape index (κ2) is 26.5. The molecule has 0 rings (SSSR count). The van der Waals surface area contributed by atoms with Gasteiger partial charge in [0.25, 0.3) is 0 Å². The topological polar surface area (TPSA) is 69.6 Å². The van der Waals surface area contributed by atoms with Crippen LogP contribution in [0.2, 0.25) is 0 Å². The zero-order valence-corrected chi connectivity index (χ0v) is 22.6. The van der Waals surface area contributed by atoms with Gasteiger partial charge in [-0.15, -0.1) is 0 Å². The molecule has 0 aliphatic heterocycles. The average Bonchev–Trinajstić information content (AvgIpc) is 2.84. The van der Waals surface area contributed by atoms with Crippen LogP contribution in [0, 0.1) is 0 Å². The molecule has 0 heterocycles. The van der Waals surface area contributed by atoms with E-state index in [4.69, 9.17) is 0 Å². The smallest absolute Gasteiger partial charge is 0.220 e. The van der Waals surface area contributed by atoms with Crippen LogP contribution in [0.25, 0.3) is 0 Å². The van der Waals surface area contributed by atoms with Gasteiger partial charge in [-0.2, -0.15) is 0 Å². The van der Waals surface area contributed by atoms with Gasteiger partial charge < -0.3 is 15.5 Å². The molecule has 0 saturated heterocycles. The normalized spacial score (nSPS) is 13.6. The number of rotatable bonds is 25. The fourth-order valence-corrected chi connectivity index (χ4v) is 4.12. The fourth-order valence-electron chi connectivity index (χ4n) is 4.12. The van der Waals surface area contributed by atoms with Crippen LogP contribution in [0.15, 0.2) is 24.3 Å². The van der Waals surface area contributed by atoms with Gasteiger partial charge in [0.1, 0.15) is 0 Å². The Morgan fingerprint density at radius 1 is 0.676 bits per heavy atom. The van der Waals surface area contributed by atoms with Crippen molar-refractivity contribution in [3.8, 4) is 0 Å². The number of aliphatic hydroxyl groups excluding tert-OH is 2. The summed E-state index contributed by atoms with van der Waals surface area (Å²) in [4.78, 5) is 12.2. The molecule has 0 radical (unpaired) electrons. The number of allylic oxidation sites excluding steroid dienone is 3. The summed E-state index contributed by atoms with van der Waals surface area (Å²) in [5.74, 6) is -0.0738. The first-order valence-corrected chi connectivity index (χ1v) is 14.6. The number of amides is 1. The molecule has 2 atom stereocenters. The second-order valence-electron chi connectivity index (χ2n) is 9.81. The molecule has 0 unspecified atom stereocenters. The summed E-state index contributed by atoms with van der Waals surface area (Å²) in [6, 6.07) is -0.617. The lowest BCUT2D eigenvalue weighted by Gasteiger charge is -2.20. The van der Waals surface area contributed by atoms with Gasteiger partial charge in [0.2, 0.25) is 5.91 Å². The van der Waals surface area contributed by atoms with Crippen molar-refractivity contribution in [1.29, 1.82) is 0 Å². The summed E-state index contributed by atoms with van der Waals surface area (Å²) in [7, 11) is 0. The third kappa shape index (κ3) is 22.7. The fraction of sp³-hybridized carbons (Fsp3) is 0.833. The molecule has 1 amide bonds. The summed E-state index contributed by atoms with van der Waals surface area (Å²) in [5.41, 5.74) is 0. The number of carbonyl (C=O) groups is 1. The Bertz CT molecular complexity index is 489. The van der Waals surface area contributed by atoms with Gasteiger partial charge in [-0.1, -0.05) is 122 Å². The van der Waals surface area contributed by atoms with Crippen molar-refractivity contribution in [1.82, 2.24) is 5.32 Å². The quantitative estimate of drug-likeness (QED) is 0.0924. The Kier molecular flexibility index (Phi) is 25.6. The molecule has 4 heteroatoms. The summed E-state index contributed by atoms with van der Waals surface area (Å²) >= 11 is 0. The minimum absolute atomic E-state index is 0.0738. The molecule has 0 aliphatic rings. The highest BCUT2D eigenvalue weighted by Crippen LogP contribution is 2.12. The van der Waals surface area contributed by atoms with E-state index >= 15 is 0 Å². The molecule has 0 aromatic rings. The van der Waals surface area contributed by atoms with E-state index in [0.717, 1.165) is 25.7 Å². The minimum atomic E-state index is -0.835. The van der Waals surface area contributed by atoms with Gasteiger partial charge in [0.05, 0.1) is 18.8 Å². The lowest BCUT2D eigenvalue weighted by molar-refractivity contribution is -0.123. The van der Waals surface area contributed by atoms with Crippen molar-refractivity contribution in [2.75, 3.05) is 6.61 Å². The van der Waals surface area contributed by atoms with E-state index < -0.39 is 12.1 Å². The number of carbonyl (C=O) groups excluding carboxylic acids is 1. The van der Waals surface area contributed by atoms with Gasteiger partial charge in [0, 0.05) is 6.42 Å². The van der Waals surface area contributed by atoms with Gasteiger partial charge in [-0.05, 0) is 38.5 Å². The molecular formula is C30H57NO3. The molecule has 3 N–H and O–H groups in total. The SMILES string of the molecule is CCC/C=C/CCCCCCCC/C=C/[C@@H](O)[C@H](CO)NC(=O)CCCCCCCCCCC. The first kappa shape index (κ1) is 32.9. The summed E-state index contributed by atoms with van der Waals surface area (Å²) in [5, 5.41) is 22.7. The summed E-state index contributed by atoms with van der Waals surface area (Å²) in [6.07, 6.45) is 31.0. The van der Waals surface area contributed by atoms with E-state index in [1.54, 1.807) is 6.08 Å². The number of hydrogen-bond donors (Lipinski definition) is 3. The van der Waals surface area contributed by atoms with Crippen LogP contribution < -0.4 is 5.32 Å². The Morgan fingerprint density at radius 3 is 1.74 bits per heavy atom. The number of hydrogen-bond acceptors (Lipinski definition) is 3. The third-order valence-corrected chi connectivity index (χ3v) is 6.41. The number of unbranched alkanes of at least 4 members (excludes halogenated alkanes) is 16. The van der Waals surface area contributed by atoms with Crippen molar-refractivity contribution in [3.05, 3.63) is 24.3 Å². The highest BCUT2D eigenvalue weighted by Gasteiger charge is 2.17. The second-order valence-corrected chi connectivity index (χ2v) is 9.81. The molecule has 0 aromatic heterocycles. The van der Waals surface area contributed by atoms with Gasteiger partial charge in [-0.25, -0.2) is 0 Å². The Hall–Kier alpha value is -1.13. The van der Waals surface area contributed by atoms with Crippen LogP contribution in [0.1, 0.15) is 142 Å². The Labute approximate surface area is 211 Å². The van der Waals surface area contributed by atoms with Gasteiger partial charge >= 0.3 is 0 Å². The first-order chi connectivity index (χ1) is 16.7. The monoisotopic (exact) mass is 479 g/mol. The van der Waals surface area contributed by atoms with Crippen LogP contribution in [-0.4, -0.2) is 34.9 Å². The van der Waals surface area contributed by atoms with Crippen LogP contribution in [0.5, 0.6) is 0 Å². The van der Waals surface area contributed by atoms with Crippen molar-refractivity contribution in [2.24, 2.45) is 0 Å². The summed E-state index contributed by atoms with van der Waals surface area (Å²) in [6.45, 7) is 4.20. The molecule has 0 aliphatic carbocycles. The largest absolute Gasteiger partial charge is 0.394 e. The van der Waals surface area contributed by atoms with Gasteiger partial charge in [-0.3, -0.25) is 4.79 Å². The summed E-state index contributed by atoms with van der Waals surface area (Å²) < 4.78 is 0. The lowest BCUT2D eigenvalue weighted by Crippen LogP contribution is -2.45. The van der Waals surface area contributed by atoms with E-state index in [-0.39, 0.29) is 12.5 Å². The lowest BCUT2D eigenvalue weighted by atomic mass is 10.1. The van der Waals surface area contributed by atoms with E-state index in [2.05, 4.69) is 31.3 Å². The van der Waals surface area contributed by atoms with Crippen molar-refractivity contribution in [3.63, 3.8) is 0 Å². The average molecular weight is 480 g/mol. The molecule has 200 valence electrons. The van der Waals surface area contributed by atoms with Crippen molar-refractivity contribution < 1.29 is 15.0 Å². The van der Waals surface area contributed by atoms with Crippen molar-refractivity contribution in [2.45, 2.75) is 154 Å². The van der Waals surface area contributed by atoms with Crippen LogP contribution in [-0.2, 0) is 4.79 Å². The number of aliphatic hydroxyl groups is 2. The zero-order chi connectivity index (χ0) is 25.1. The van der Waals surface area contributed by atoms with Crippen LogP contribution in [0.3, 0.4) is 0 Å². The predicted octanol–water partition coefficient (Wildman–Crippen LogP) is 7.78. The minimum Gasteiger partial charge on any atom is -0.394 e. The van der Waals surface area contributed by atoms with E-state index in [1.165, 1.54) is 96.3 Å². The Balaban J connectivity index is 3.72. The maximum Gasteiger partial charge on any atom is 0.220 e. The molecule has 0 aromatic carbocycles. The van der Waals surface area contributed by atoms with Crippen molar-refractivity contribution >= 4 is 5.91 Å². The maximum absolute atomic E-state index is 12.2. The zero-order valence-electron chi connectivity index (χ0n) is 22.6. The standard InChI is InChI=1S/C30H57NO3/c1-3-5-7-9-11-13-14-15-16-18-19-21-23-25-29(33)28(27-32)31-30(34)26-24-22-20-17-12-10-8-6-4-2/h7,9,23,25,28-29,32-33H,3-6,8,10-22,24,26-27H2,1-2H3,(H,31,34)/b9-7+,25-23+/t28-,29+/m0/s1. The van der Waals surface area contributed by atoms with Crippen LogP contribution >= 0.6 is 0 Å². The third-order valence-electron chi connectivity index (χ3n) is 6.41. The van der Waals surface area contributed by atoms with Gasteiger partial charge in [0.15, 0.2) is 0 Å². The molecule has 4 nitrogen and oxygen atoms in total. The Morgan fingerprint density at radius 2 is 1.18 bits per heavy atom. The molecule has 34 heavy (non-hydrogen) atoms.